The van der Waals surface area contributed by atoms with E-state index in [1.54, 1.807) is 36.8 Å². The number of fused-ring (bicyclic) bond motifs is 1. The van der Waals surface area contributed by atoms with Crippen molar-refractivity contribution in [3.63, 3.8) is 0 Å². The van der Waals surface area contributed by atoms with Gasteiger partial charge in [0.05, 0.1) is 30.2 Å². The van der Waals surface area contributed by atoms with Crippen molar-refractivity contribution in [1.82, 2.24) is 15.3 Å². The average Bonchev–Trinajstić information content (AvgIpc) is 3.64. The lowest BCUT2D eigenvalue weighted by molar-refractivity contribution is -0.137. The molecule has 1 amide bonds. The number of halogens is 3. The number of amides is 1. The number of aromatic nitrogens is 2. The first-order chi connectivity index (χ1) is 18.4. The molecule has 0 saturated carbocycles. The van der Waals surface area contributed by atoms with Crippen molar-refractivity contribution in [1.29, 1.82) is 0 Å². The van der Waals surface area contributed by atoms with E-state index < -0.39 is 11.7 Å². The van der Waals surface area contributed by atoms with Crippen LogP contribution < -0.4 is 10.2 Å². The fourth-order valence-electron chi connectivity index (χ4n) is 4.05. The first kappa shape index (κ1) is 25.1. The van der Waals surface area contributed by atoms with E-state index in [1.807, 2.05) is 35.2 Å². The summed E-state index contributed by atoms with van der Waals surface area (Å²) in [7, 11) is 0. The Balaban J connectivity index is 1.36. The van der Waals surface area contributed by atoms with Gasteiger partial charge in [-0.05, 0) is 54.1 Å². The molecule has 0 aliphatic heterocycles. The number of benzene rings is 2. The molecule has 0 aliphatic rings. The molecule has 10 heteroatoms. The first-order valence-electron chi connectivity index (χ1n) is 11.9. The normalized spacial score (nSPS) is 11.6. The van der Waals surface area contributed by atoms with Crippen LogP contribution in [-0.4, -0.2) is 22.4 Å². The van der Waals surface area contributed by atoms with Crippen LogP contribution in [0.2, 0.25) is 0 Å². The number of anilines is 1. The lowest BCUT2D eigenvalue weighted by atomic mass is 10.1. The van der Waals surface area contributed by atoms with Crippen molar-refractivity contribution in [3.05, 3.63) is 102 Å². The topological polar surface area (TPSA) is 84.4 Å². The zero-order chi connectivity index (χ0) is 26.5. The number of carbonyl (C=O) groups excluding carboxylic acids is 1. The van der Waals surface area contributed by atoms with Gasteiger partial charge in [0.15, 0.2) is 11.6 Å². The van der Waals surface area contributed by atoms with Gasteiger partial charge in [0, 0.05) is 24.9 Å². The minimum atomic E-state index is -4.44. The molecule has 0 spiro atoms. The number of nitrogens with one attached hydrogen (secondary N) is 1. The Morgan fingerprint density at radius 1 is 0.921 bits per heavy atom. The second-order valence-corrected chi connectivity index (χ2v) is 8.59. The van der Waals surface area contributed by atoms with Gasteiger partial charge >= 0.3 is 6.18 Å². The second-order valence-electron chi connectivity index (χ2n) is 8.59. The van der Waals surface area contributed by atoms with Gasteiger partial charge in [0.2, 0.25) is 5.91 Å². The summed E-state index contributed by atoms with van der Waals surface area (Å²) in [6.45, 7) is 0.597. The van der Waals surface area contributed by atoms with Crippen LogP contribution in [-0.2, 0) is 24.1 Å². The van der Waals surface area contributed by atoms with E-state index in [9.17, 15) is 18.0 Å². The minimum absolute atomic E-state index is 0.0139. The van der Waals surface area contributed by atoms with E-state index in [0.29, 0.717) is 40.8 Å². The molecular weight excluding hydrogens is 497 g/mol. The molecule has 3 aromatic heterocycles. The lowest BCUT2D eigenvalue weighted by Crippen LogP contribution is -2.31. The molecule has 0 saturated heterocycles. The van der Waals surface area contributed by atoms with Crippen LogP contribution in [0.1, 0.15) is 23.3 Å². The number of rotatable bonds is 9. The van der Waals surface area contributed by atoms with Gasteiger partial charge in [-0.3, -0.25) is 4.79 Å². The van der Waals surface area contributed by atoms with Gasteiger partial charge in [-0.25, -0.2) is 9.97 Å². The summed E-state index contributed by atoms with van der Waals surface area (Å²) in [5.41, 5.74) is 0.324. The molecular formula is C28H23F3N4O3. The van der Waals surface area contributed by atoms with E-state index in [-0.39, 0.29) is 25.4 Å². The maximum absolute atomic E-state index is 13.0. The quantitative estimate of drug-likeness (QED) is 0.249. The predicted octanol–water partition coefficient (Wildman–Crippen LogP) is 6.21. The molecule has 5 rings (SSSR count). The van der Waals surface area contributed by atoms with Crippen LogP contribution in [0, 0.1) is 0 Å². The van der Waals surface area contributed by atoms with Crippen LogP contribution in [0.3, 0.4) is 0 Å². The zero-order valence-electron chi connectivity index (χ0n) is 20.1. The van der Waals surface area contributed by atoms with Crippen LogP contribution >= 0.6 is 0 Å². The van der Waals surface area contributed by atoms with Crippen molar-refractivity contribution < 1.29 is 26.8 Å². The zero-order valence-corrected chi connectivity index (χ0v) is 20.1. The molecule has 0 bridgehead atoms. The highest BCUT2D eigenvalue weighted by atomic mass is 19.4. The molecule has 7 nitrogen and oxygen atoms in total. The molecule has 38 heavy (non-hydrogen) atoms. The Morgan fingerprint density at radius 3 is 2.50 bits per heavy atom. The highest BCUT2D eigenvalue weighted by molar-refractivity contribution is 5.91. The van der Waals surface area contributed by atoms with Crippen LogP contribution in [0.4, 0.5) is 19.0 Å². The summed E-state index contributed by atoms with van der Waals surface area (Å²) in [6.07, 6.45) is -1.25. The Bertz CT molecular complexity index is 1520. The highest BCUT2D eigenvalue weighted by Crippen LogP contribution is 2.30. The van der Waals surface area contributed by atoms with Gasteiger partial charge in [0.25, 0.3) is 0 Å². The minimum Gasteiger partial charge on any atom is -0.467 e. The summed E-state index contributed by atoms with van der Waals surface area (Å²) in [4.78, 5) is 24.0. The predicted molar refractivity (Wildman–Crippen MR) is 135 cm³/mol. The molecule has 3 heterocycles. The maximum Gasteiger partial charge on any atom is 0.416 e. The Labute approximate surface area is 215 Å². The third-order valence-corrected chi connectivity index (χ3v) is 5.90. The fourth-order valence-corrected chi connectivity index (χ4v) is 4.05. The smallest absolute Gasteiger partial charge is 0.416 e. The molecule has 0 unspecified atom stereocenters. The van der Waals surface area contributed by atoms with Crippen molar-refractivity contribution in [2.45, 2.75) is 25.7 Å². The van der Waals surface area contributed by atoms with Crippen LogP contribution in [0.15, 0.2) is 94.2 Å². The van der Waals surface area contributed by atoms with Crippen LogP contribution in [0.25, 0.3) is 22.5 Å². The van der Waals surface area contributed by atoms with E-state index >= 15 is 0 Å². The highest BCUT2D eigenvalue weighted by Gasteiger charge is 2.30. The summed E-state index contributed by atoms with van der Waals surface area (Å²) >= 11 is 0. The number of para-hydroxylation sites is 1. The molecule has 0 radical (unpaired) electrons. The van der Waals surface area contributed by atoms with Gasteiger partial charge in [-0.2, -0.15) is 13.2 Å². The van der Waals surface area contributed by atoms with Crippen LogP contribution in [0.5, 0.6) is 0 Å². The van der Waals surface area contributed by atoms with Gasteiger partial charge in [0.1, 0.15) is 11.6 Å². The number of alkyl halides is 3. The number of nitrogens with zero attached hydrogens (tertiary/aromatic N) is 3. The van der Waals surface area contributed by atoms with Crippen molar-refractivity contribution >= 4 is 22.6 Å². The maximum atomic E-state index is 13.0. The third kappa shape index (κ3) is 5.86. The molecule has 0 aliphatic carbocycles. The number of hydrogen-bond donors (Lipinski definition) is 1. The largest absolute Gasteiger partial charge is 0.467 e. The van der Waals surface area contributed by atoms with Gasteiger partial charge in [-0.15, -0.1) is 0 Å². The van der Waals surface area contributed by atoms with E-state index in [1.165, 1.54) is 6.07 Å². The van der Waals surface area contributed by atoms with Gasteiger partial charge in [-0.1, -0.05) is 24.3 Å². The molecule has 1 N–H and O–H groups in total. The standard InChI is InChI=1S/C28H23F3N4O3/c29-28(30,31)20-7-3-6-19(16-20)17-32-25(36)12-13-35(18-21-8-4-14-37-21)27-22-9-1-2-10-23(22)33-26(34-27)24-11-5-15-38-24/h1-11,14-16H,12-13,17-18H2,(H,32,36). The van der Waals surface area contributed by atoms with Gasteiger partial charge < -0.3 is 19.1 Å². The second kappa shape index (κ2) is 10.8. The summed E-state index contributed by atoms with van der Waals surface area (Å²) < 4.78 is 50.1. The monoisotopic (exact) mass is 520 g/mol. The Kier molecular flexibility index (Phi) is 7.12. The molecule has 5 aromatic rings. The Hall–Kier alpha value is -4.60. The lowest BCUT2D eigenvalue weighted by Gasteiger charge is -2.24. The SMILES string of the molecule is O=C(CCN(Cc1ccco1)c1nc(-c2ccco2)nc2ccccc12)NCc1cccc(C(F)(F)F)c1. The number of furan rings is 2. The summed E-state index contributed by atoms with van der Waals surface area (Å²) in [5, 5.41) is 3.50. The van der Waals surface area contributed by atoms with E-state index in [2.05, 4.69) is 10.3 Å². The number of hydrogen-bond acceptors (Lipinski definition) is 6. The third-order valence-electron chi connectivity index (χ3n) is 5.90. The fraction of sp³-hybridized carbons (Fsp3) is 0.179. The molecule has 194 valence electrons. The first-order valence-corrected chi connectivity index (χ1v) is 11.9. The molecule has 0 atom stereocenters. The van der Waals surface area contributed by atoms with E-state index in [0.717, 1.165) is 17.5 Å². The molecule has 2 aromatic carbocycles. The van der Waals surface area contributed by atoms with Crippen molar-refractivity contribution in [2.24, 2.45) is 0 Å². The Morgan fingerprint density at radius 2 is 1.74 bits per heavy atom. The van der Waals surface area contributed by atoms with Crippen molar-refractivity contribution in [3.8, 4) is 11.6 Å². The van der Waals surface area contributed by atoms with Crippen molar-refractivity contribution in [2.75, 3.05) is 11.4 Å². The average molecular weight is 521 g/mol. The number of carbonyl (C=O) groups is 1. The molecule has 0 fully saturated rings. The summed E-state index contributed by atoms with van der Waals surface area (Å²) in [6, 6.07) is 19.6. The summed E-state index contributed by atoms with van der Waals surface area (Å²) in [5.74, 6) is 1.88. The van der Waals surface area contributed by atoms with E-state index in [4.69, 9.17) is 13.8 Å².